The normalized spacial score (nSPS) is 16.3. The summed E-state index contributed by atoms with van der Waals surface area (Å²) >= 11 is 4.43. The van der Waals surface area contributed by atoms with Gasteiger partial charge in [-0.3, -0.25) is 14.5 Å². The van der Waals surface area contributed by atoms with Crippen molar-refractivity contribution in [2.24, 2.45) is 0 Å². The van der Waals surface area contributed by atoms with E-state index in [0.29, 0.717) is 36.2 Å². The summed E-state index contributed by atoms with van der Waals surface area (Å²) in [6, 6.07) is 3.61. The molecule has 7 heteroatoms. The van der Waals surface area contributed by atoms with Crippen LogP contribution in [0.5, 0.6) is 11.5 Å². The van der Waals surface area contributed by atoms with Crippen LogP contribution in [0.3, 0.4) is 0 Å². The number of likely N-dealkylation sites (N-methyl/N-ethyl adjacent to an activating group) is 1. The van der Waals surface area contributed by atoms with E-state index in [0.717, 1.165) is 21.8 Å². The van der Waals surface area contributed by atoms with E-state index in [4.69, 9.17) is 9.47 Å². The van der Waals surface area contributed by atoms with E-state index < -0.39 is 0 Å². The number of hydrogen-bond acceptors (Lipinski definition) is 5. The molecule has 2 rings (SSSR count). The lowest BCUT2D eigenvalue weighted by atomic mass is 10.2. The largest absolute Gasteiger partial charge is 0.490 e. The average Bonchev–Trinajstić information content (AvgIpc) is 2.78. The molecule has 0 aromatic heterocycles. The van der Waals surface area contributed by atoms with Gasteiger partial charge in [0.15, 0.2) is 11.5 Å². The molecule has 1 fully saturated rings. The van der Waals surface area contributed by atoms with Gasteiger partial charge in [0.2, 0.25) is 0 Å². The third kappa shape index (κ3) is 3.90. The highest BCUT2D eigenvalue weighted by Crippen LogP contribution is 2.38. The smallest absolute Gasteiger partial charge is 0.293 e. The SMILES string of the molecule is CCOc1cc(Br)c(/C=C2/SC(=O)N(CC)C2=O)cc1OCC. The molecule has 0 radical (unpaired) electrons. The summed E-state index contributed by atoms with van der Waals surface area (Å²) in [6.45, 7) is 6.98. The summed E-state index contributed by atoms with van der Waals surface area (Å²) in [4.78, 5) is 25.6. The monoisotopic (exact) mass is 399 g/mol. The van der Waals surface area contributed by atoms with Crippen LogP contribution in [-0.2, 0) is 4.79 Å². The first-order chi connectivity index (χ1) is 11.0. The fraction of sp³-hybridized carbons (Fsp3) is 0.375. The van der Waals surface area contributed by atoms with Gasteiger partial charge in [-0.1, -0.05) is 15.9 Å². The number of benzene rings is 1. The van der Waals surface area contributed by atoms with Crippen molar-refractivity contribution in [3.05, 3.63) is 27.1 Å². The van der Waals surface area contributed by atoms with Crippen molar-refractivity contribution in [2.45, 2.75) is 20.8 Å². The second kappa shape index (κ2) is 7.88. The maximum Gasteiger partial charge on any atom is 0.293 e. The fourth-order valence-corrected chi connectivity index (χ4v) is 3.44. The van der Waals surface area contributed by atoms with Crippen LogP contribution in [-0.4, -0.2) is 35.8 Å². The summed E-state index contributed by atoms with van der Waals surface area (Å²) in [5.74, 6) is 0.986. The van der Waals surface area contributed by atoms with Gasteiger partial charge in [-0.05, 0) is 56.3 Å². The Bertz CT molecular complexity index is 660. The minimum absolute atomic E-state index is 0.240. The molecule has 1 aliphatic rings. The van der Waals surface area contributed by atoms with Crippen molar-refractivity contribution in [2.75, 3.05) is 19.8 Å². The number of amides is 2. The first kappa shape index (κ1) is 17.9. The third-order valence-electron chi connectivity index (χ3n) is 3.14. The van der Waals surface area contributed by atoms with Crippen LogP contribution < -0.4 is 9.47 Å². The Labute approximate surface area is 148 Å². The molecule has 2 amide bonds. The van der Waals surface area contributed by atoms with E-state index in [9.17, 15) is 9.59 Å². The van der Waals surface area contributed by atoms with E-state index in [2.05, 4.69) is 15.9 Å². The van der Waals surface area contributed by atoms with Crippen molar-refractivity contribution < 1.29 is 19.1 Å². The highest BCUT2D eigenvalue weighted by molar-refractivity contribution is 9.10. The van der Waals surface area contributed by atoms with Crippen molar-refractivity contribution in [1.29, 1.82) is 0 Å². The molecule has 1 aromatic carbocycles. The van der Waals surface area contributed by atoms with Crippen LogP contribution in [0, 0.1) is 0 Å². The van der Waals surface area contributed by atoms with Gasteiger partial charge in [-0.15, -0.1) is 0 Å². The van der Waals surface area contributed by atoms with Gasteiger partial charge in [0.05, 0.1) is 18.1 Å². The molecular formula is C16H18BrNO4S. The molecule has 1 saturated heterocycles. The molecule has 1 aromatic rings. The molecule has 0 unspecified atom stereocenters. The molecule has 23 heavy (non-hydrogen) atoms. The molecular weight excluding hydrogens is 382 g/mol. The van der Waals surface area contributed by atoms with E-state index in [-0.39, 0.29) is 11.1 Å². The average molecular weight is 400 g/mol. The van der Waals surface area contributed by atoms with Crippen LogP contribution in [0.1, 0.15) is 26.3 Å². The van der Waals surface area contributed by atoms with Gasteiger partial charge >= 0.3 is 0 Å². The maximum atomic E-state index is 12.2. The predicted octanol–water partition coefficient (Wildman–Crippen LogP) is 4.30. The number of halogens is 1. The van der Waals surface area contributed by atoms with Crippen LogP contribution in [0.4, 0.5) is 4.79 Å². The molecule has 0 bridgehead atoms. The van der Waals surface area contributed by atoms with Crippen molar-refractivity contribution in [3.8, 4) is 11.5 Å². The van der Waals surface area contributed by atoms with Crippen LogP contribution >= 0.6 is 27.7 Å². The lowest BCUT2D eigenvalue weighted by Crippen LogP contribution is -2.27. The summed E-state index contributed by atoms with van der Waals surface area (Å²) < 4.78 is 11.9. The number of thioether (sulfide) groups is 1. The highest BCUT2D eigenvalue weighted by Gasteiger charge is 2.33. The number of rotatable bonds is 6. The zero-order valence-corrected chi connectivity index (χ0v) is 15.6. The molecule has 5 nitrogen and oxygen atoms in total. The zero-order valence-electron chi connectivity index (χ0n) is 13.2. The fourth-order valence-electron chi connectivity index (χ4n) is 2.11. The maximum absolute atomic E-state index is 12.2. The van der Waals surface area contributed by atoms with Gasteiger partial charge in [-0.2, -0.15) is 0 Å². The standard InChI is InChI=1S/C16H18BrNO4S/c1-4-18-15(19)14(23-16(18)20)8-10-7-12(21-5-2)13(22-6-3)9-11(10)17/h7-9H,4-6H2,1-3H3/b14-8+. The molecule has 0 saturated carbocycles. The molecule has 124 valence electrons. The molecule has 0 atom stereocenters. The van der Waals surface area contributed by atoms with Gasteiger partial charge in [0.25, 0.3) is 11.1 Å². The third-order valence-corrected chi connectivity index (χ3v) is 4.73. The summed E-state index contributed by atoms with van der Waals surface area (Å²) in [5, 5.41) is -0.240. The van der Waals surface area contributed by atoms with Crippen molar-refractivity contribution >= 4 is 44.9 Å². The van der Waals surface area contributed by atoms with Crippen molar-refractivity contribution in [1.82, 2.24) is 4.90 Å². The van der Waals surface area contributed by atoms with Gasteiger partial charge < -0.3 is 9.47 Å². The number of imide groups is 1. The quantitative estimate of drug-likeness (QED) is 0.667. The molecule has 0 aliphatic carbocycles. The van der Waals surface area contributed by atoms with E-state index in [1.165, 1.54) is 4.90 Å². The van der Waals surface area contributed by atoms with Gasteiger partial charge in [0, 0.05) is 11.0 Å². The Morgan fingerprint density at radius 3 is 2.26 bits per heavy atom. The van der Waals surface area contributed by atoms with E-state index in [1.807, 2.05) is 19.9 Å². The first-order valence-corrected chi connectivity index (χ1v) is 8.97. The molecule has 1 aliphatic heterocycles. The first-order valence-electron chi connectivity index (χ1n) is 7.36. The molecule has 0 N–H and O–H groups in total. The van der Waals surface area contributed by atoms with Crippen LogP contribution in [0.15, 0.2) is 21.5 Å². The number of carbonyl (C=O) groups excluding carboxylic acids is 2. The minimum Gasteiger partial charge on any atom is -0.490 e. The van der Waals surface area contributed by atoms with Crippen LogP contribution in [0.25, 0.3) is 6.08 Å². The predicted molar refractivity (Wildman–Crippen MR) is 94.8 cm³/mol. The minimum atomic E-state index is -0.263. The Morgan fingerprint density at radius 2 is 1.74 bits per heavy atom. The van der Waals surface area contributed by atoms with E-state index >= 15 is 0 Å². The Balaban J connectivity index is 2.40. The Kier molecular flexibility index (Phi) is 6.12. The number of carbonyl (C=O) groups is 2. The van der Waals surface area contributed by atoms with E-state index in [1.54, 1.807) is 19.1 Å². The number of hydrogen-bond donors (Lipinski definition) is 0. The lowest BCUT2D eigenvalue weighted by Gasteiger charge is -2.13. The second-order valence-electron chi connectivity index (χ2n) is 4.61. The molecule has 1 heterocycles. The van der Waals surface area contributed by atoms with Gasteiger partial charge in [-0.25, -0.2) is 0 Å². The van der Waals surface area contributed by atoms with Crippen LogP contribution in [0.2, 0.25) is 0 Å². The zero-order chi connectivity index (χ0) is 17.0. The summed E-state index contributed by atoms with van der Waals surface area (Å²) in [5.41, 5.74) is 0.763. The Hall–Kier alpha value is -1.47. The van der Waals surface area contributed by atoms with Crippen molar-refractivity contribution in [3.63, 3.8) is 0 Å². The molecule has 0 spiro atoms. The number of nitrogens with zero attached hydrogens (tertiary/aromatic N) is 1. The topological polar surface area (TPSA) is 55.8 Å². The summed E-state index contributed by atoms with van der Waals surface area (Å²) in [6.07, 6.45) is 1.70. The second-order valence-corrected chi connectivity index (χ2v) is 6.46. The Morgan fingerprint density at radius 1 is 1.13 bits per heavy atom. The highest BCUT2D eigenvalue weighted by atomic mass is 79.9. The van der Waals surface area contributed by atoms with Gasteiger partial charge in [0.1, 0.15) is 0 Å². The summed E-state index contributed by atoms with van der Waals surface area (Å²) in [7, 11) is 0. The lowest BCUT2D eigenvalue weighted by molar-refractivity contribution is -0.122. The number of ether oxygens (including phenoxy) is 2.